The Bertz CT molecular complexity index is 531. The molecule has 0 fully saturated rings. The van der Waals surface area contributed by atoms with E-state index in [0.717, 1.165) is 30.2 Å². The van der Waals surface area contributed by atoms with Crippen molar-refractivity contribution in [3.8, 4) is 0 Å². The number of aromatic nitrogens is 2. The summed E-state index contributed by atoms with van der Waals surface area (Å²) in [6.07, 6.45) is 4.53. The molecule has 1 aromatic heterocycles. The Morgan fingerprint density at radius 2 is 1.75 bits per heavy atom. The van der Waals surface area contributed by atoms with Crippen molar-refractivity contribution >= 4 is 11.6 Å². The second-order valence-electron chi connectivity index (χ2n) is 5.15. The molecular formula is C16H22N4. The number of anilines is 2. The third kappa shape index (κ3) is 3.54. The smallest absolute Gasteiger partial charge is 0.229 e. The molecule has 0 aliphatic heterocycles. The lowest BCUT2D eigenvalue weighted by atomic mass is 10.1. The van der Waals surface area contributed by atoms with Gasteiger partial charge in [-0.2, -0.15) is 0 Å². The van der Waals surface area contributed by atoms with Crippen LogP contribution in [0.1, 0.15) is 25.0 Å². The number of rotatable bonds is 5. The third-order valence-electron chi connectivity index (χ3n) is 3.15. The molecule has 2 rings (SSSR count). The van der Waals surface area contributed by atoms with Crippen LogP contribution < -0.4 is 10.6 Å². The van der Waals surface area contributed by atoms with Crippen molar-refractivity contribution in [3.63, 3.8) is 0 Å². The highest BCUT2D eigenvalue weighted by Gasteiger charge is 2.10. The lowest BCUT2D eigenvalue weighted by Gasteiger charge is -2.21. The minimum absolute atomic E-state index is 0.129. The third-order valence-corrected chi connectivity index (χ3v) is 3.15. The molecular weight excluding hydrogens is 248 g/mol. The van der Waals surface area contributed by atoms with Crippen LogP contribution in [-0.2, 0) is 6.42 Å². The second-order valence-corrected chi connectivity index (χ2v) is 5.15. The maximum atomic E-state index is 5.79. The molecule has 0 aliphatic carbocycles. The molecule has 0 saturated carbocycles. The Hall–Kier alpha value is -1.94. The molecule has 0 aliphatic rings. The monoisotopic (exact) mass is 270 g/mol. The van der Waals surface area contributed by atoms with Gasteiger partial charge in [-0.3, -0.25) is 0 Å². The maximum absolute atomic E-state index is 5.79. The van der Waals surface area contributed by atoms with Gasteiger partial charge in [0.25, 0.3) is 0 Å². The zero-order valence-corrected chi connectivity index (χ0v) is 12.4. The summed E-state index contributed by atoms with van der Waals surface area (Å²) in [7, 11) is 0. The van der Waals surface area contributed by atoms with Crippen molar-refractivity contribution < 1.29 is 0 Å². The minimum atomic E-state index is 0.129. The Morgan fingerprint density at radius 1 is 1.15 bits per heavy atom. The topological polar surface area (TPSA) is 55.0 Å². The average molecular weight is 270 g/mol. The molecule has 0 bridgehead atoms. The number of aryl methyl sites for hydroxylation is 1. The number of hydrogen-bond acceptors (Lipinski definition) is 4. The molecule has 1 unspecified atom stereocenters. The van der Waals surface area contributed by atoms with E-state index in [9.17, 15) is 0 Å². The van der Waals surface area contributed by atoms with Gasteiger partial charge in [0.05, 0.1) is 0 Å². The van der Waals surface area contributed by atoms with Crippen molar-refractivity contribution in [1.29, 1.82) is 0 Å². The van der Waals surface area contributed by atoms with Gasteiger partial charge in [0.1, 0.15) is 0 Å². The lowest BCUT2D eigenvalue weighted by molar-refractivity contribution is 0.731. The normalized spacial score (nSPS) is 12.2. The Balaban J connectivity index is 2.21. The Morgan fingerprint density at radius 3 is 2.25 bits per heavy atom. The van der Waals surface area contributed by atoms with Crippen molar-refractivity contribution in [1.82, 2.24) is 9.97 Å². The molecule has 0 spiro atoms. The average Bonchev–Trinajstić information content (AvgIpc) is 2.43. The first-order chi connectivity index (χ1) is 9.60. The van der Waals surface area contributed by atoms with E-state index in [2.05, 4.69) is 53.0 Å². The van der Waals surface area contributed by atoms with Gasteiger partial charge in [-0.1, -0.05) is 17.7 Å². The van der Waals surface area contributed by atoms with E-state index in [-0.39, 0.29) is 6.04 Å². The van der Waals surface area contributed by atoms with E-state index in [1.807, 2.05) is 19.3 Å². The van der Waals surface area contributed by atoms with Gasteiger partial charge in [0, 0.05) is 30.7 Å². The van der Waals surface area contributed by atoms with Gasteiger partial charge < -0.3 is 10.6 Å². The summed E-state index contributed by atoms with van der Waals surface area (Å²) in [4.78, 5) is 11.0. The summed E-state index contributed by atoms with van der Waals surface area (Å²) in [5, 5.41) is 0. The van der Waals surface area contributed by atoms with Gasteiger partial charge in [-0.15, -0.1) is 0 Å². The van der Waals surface area contributed by atoms with Gasteiger partial charge in [-0.05, 0) is 44.9 Å². The molecule has 1 aromatic carbocycles. The summed E-state index contributed by atoms with van der Waals surface area (Å²) in [6, 6.07) is 8.52. The lowest BCUT2D eigenvalue weighted by Crippen LogP contribution is -2.20. The quantitative estimate of drug-likeness (QED) is 0.907. The van der Waals surface area contributed by atoms with Gasteiger partial charge >= 0.3 is 0 Å². The Labute approximate surface area is 120 Å². The van der Waals surface area contributed by atoms with Crippen molar-refractivity contribution in [3.05, 3.63) is 47.8 Å². The number of nitrogens with two attached hydrogens (primary N) is 1. The van der Waals surface area contributed by atoms with E-state index in [0.29, 0.717) is 0 Å². The molecule has 4 heteroatoms. The van der Waals surface area contributed by atoms with Crippen LogP contribution in [-0.4, -0.2) is 22.6 Å². The highest BCUT2D eigenvalue weighted by atomic mass is 15.2. The zero-order valence-electron chi connectivity index (χ0n) is 12.4. The molecule has 1 atom stereocenters. The van der Waals surface area contributed by atoms with E-state index >= 15 is 0 Å². The van der Waals surface area contributed by atoms with Crippen LogP contribution in [0.15, 0.2) is 36.7 Å². The molecule has 106 valence electrons. The summed E-state index contributed by atoms with van der Waals surface area (Å²) >= 11 is 0. The SMILES string of the molecule is CCN(c1ccc(C)cc1)c1ncc(CC(C)N)cn1. The molecule has 20 heavy (non-hydrogen) atoms. The van der Waals surface area contributed by atoms with E-state index < -0.39 is 0 Å². The first-order valence-corrected chi connectivity index (χ1v) is 7.01. The van der Waals surface area contributed by atoms with Crippen LogP contribution in [0.2, 0.25) is 0 Å². The summed E-state index contributed by atoms with van der Waals surface area (Å²) in [5.41, 5.74) is 9.22. The van der Waals surface area contributed by atoms with Gasteiger partial charge in [0.15, 0.2) is 0 Å². The van der Waals surface area contributed by atoms with Crippen LogP contribution in [0.25, 0.3) is 0 Å². The Kier molecular flexibility index (Phi) is 4.69. The van der Waals surface area contributed by atoms with Gasteiger partial charge in [-0.25, -0.2) is 9.97 Å². The first kappa shape index (κ1) is 14.5. The fraction of sp³-hybridized carbons (Fsp3) is 0.375. The highest BCUT2D eigenvalue weighted by molar-refractivity contribution is 5.57. The fourth-order valence-corrected chi connectivity index (χ4v) is 2.13. The van der Waals surface area contributed by atoms with Crippen LogP contribution in [0.3, 0.4) is 0 Å². The molecule has 0 amide bonds. The molecule has 0 saturated heterocycles. The molecule has 4 nitrogen and oxygen atoms in total. The number of benzene rings is 1. The maximum Gasteiger partial charge on any atom is 0.229 e. The molecule has 2 aromatic rings. The molecule has 2 N–H and O–H groups in total. The van der Waals surface area contributed by atoms with Crippen molar-refractivity contribution in [2.45, 2.75) is 33.2 Å². The van der Waals surface area contributed by atoms with E-state index in [1.54, 1.807) is 0 Å². The first-order valence-electron chi connectivity index (χ1n) is 7.01. The number of hydrogen-bond donors (Lipinski definition) is 1. The highest BCUT2D eigenvalue weighted by Crippen LogP contribution is 2.21. The van der Waals surface area contributed by atoms with Crippen molar-refractivity contribution in [2.24, 2.45) is 5.73 Å². The summed E-state index contributed by atoms with van der Waals surface area (Å²) in [6.45, 7) is 6.99. The largest absolute Gasteiger partial charge is 0.328 e. The summed E-state index contributed by atoms with van der Waals surface area (Å²) in [5.74, 6) is 0.727. The van der Waals surface area contributed by atoms with E-state index in [4.69, 9.17) is 5.73 Å². The standard InChI is InChI=1S/C16H22N4/c1-4-20(15-7-5-12(2)6-8-15)16-18-10-14(11-19-16)9-13(3)17/h5-8,10-11,13H,4,9,17H2,1-3H3. The van der Waals surface area contributed by atoms with Gasteiger partial charge in [0.2, 0.25) is 5.95 Å². The number of nitrogens with zero attached hydrogens (tertiary/aromatic N) is 3. The fourth-order valence-electron chi connectivity index (χ4n) is 2.13. The zero-order chi connectivity index (χ0) is 14.5. The predicted molar refractivity (Wildman–Crippen MR) is 83.2 cm³/mol. The molecule has 0 radical (unpaired) electrons. The van der Waals surface area contributed by atoms with Crippen LogP contribution >= 0.6 is 0 Å². The van der Waals surface area contributed by atoms with E-state index in [1.165, 1.54) is 5.56 Å². The second kappa shape index (κ2) is 6.48. The van der Waals surface area contributed by atoms with Crippen LogP contribution in [0.4, 0.5) is 11.6 Å². The predicted octanol–water partition coefficient (Wildman–Crippen LogP) is 2.83. The van der Waals surface area contributed by atoms with Crippen molar-refractivity contribution in [2.75, 3.05) is 11.4 Å². The minimum Gasteiger partial charge on any atom is -0.328 e. The molecule has 1 heterocycles. The van der Waals surface area contributed by atoms with Crippen LogP contribution in [0, 0.1) is 6.92 Å². The summed E-state index contributed by atoms with van der Waals surface area (Å²) < 4.78 is 0. The van der Waals surface area contributed by atoms with Crippen LogP contribution in [0.5, 0.6) is 0 Å².